The molecule has 0 atom stereocenters. The van der Waals surface area contributed by atoms with E-state index in [2.05, 4.69) is 47.7 Å². The Bertz CT molecular complexity index is 1080. The highest BCUT2D eigenvalue weighted by molar-refractivity contribution is 5.98. The second kappa shape index (κ2) is 7.64. The summed E-state index contributed by atoms with van der Waals surface area (Å²) in [5, 5.41) is 4.13. The number of hydrogen-bond donors (Lipinski definition) is 0. The van der Waals surface area contributed by atoms with E-state index in [1.807, 2.05) is 0 Å². The molecule has 0 saturated heterocycles. The van der Waals surface area contributed by atoms with Gasteiger partial charge in [0.25, 0.3) is 5.91 Å². The molecule has 0 spiro atoms. The molecule has 3 aromatic rings. The molecule has 0 N–H and O–H groups in total. The third-order valence-electron chi connectivity index (χ3n) is 5.37. The van der Waals surface area contributed by atoms with Gasteiger partial charge >= 0.3 is 0 Å². The van der Waals surface area contributed by atoms with Crippen LogP contribution in [0.4, 0.5) is 4.39 Å². The predicted octanol–water partition coefficient (Wildman–Crippen LogP) is 3.27. The Morgan fingerprint density at radius 1 is 1.23 bits per heavy atom. The Labute approximate surface area is 174 Å². The van der Waals surface area contributed by atoms with Gasteiger partial charge in [0, 0.05) is 19.1 Å². The number of rotatable bonds is 5. The zero-order chi connectivity index (χ0) is 21.6. The SMILES string of the molecule is CC(C)N(Cc1nc(-c2ncn3c2CN(C)C(=O)c2cc(F)ccc2-3)no1)C(C)C. The highest BCUT2D eigenvalue weighted by Crippen LogP contribution is 2.30. The number of aromatic nitrogens is 4. The van der Waals surface area contributed by atoms with Crippen LogP contribution in [0.3, 0.4) is 0 Å². The topological polar surface area (TPSA) is 80.3 Å². The van der Waals surface area contributed by atoms with Crippen LogP contribution >= 0.6 is 0 Å². The summed E-state index contributed by atoms with van der Waals surface area (Å²) in [5.74, 6) is 0.173. The molecule has 1 aliphatic heterocycles. The standard InChI is InChI=1S/C21H25FN6O2/c1-12(2)27(13(3)4)10-18-24-20(25-30-18)19-17-9-26(5)21(29)15-8-14(22)6-7-16(15)28(17)11-23-19/h6-8,11-13H,9-10H2,1-5H3. The van der Waals surface area contributed by atoms with Crippen LogP contribution in [0, 0.1) is 5.82 Å². The number of benzene rings is 1. The zero-order valence-corrected chi connectivity index (χ0v) is 17.8. The summed E-state index contributed by atoms with van der Waals surface area (Å²) in [4.78, 5) is 25.5. The summed E-state index contributed by atoms with van der Waals surface area (Å²) in [6.07, 6.45) is 1.61. The lowest BCUT2D eigenvalue weighted by Crippen LogP contribution is -2.36. The molecular weight excluding hydrogens is 387 g/mol. The minimum Gasteiger partial charge on any atom is -0.337 e. The monoisotopic (exact) mass is 412 g/mol. The van der Waals surface area contributed by atoms with Crippen molar-refractivity contribution in [2.45, 2.75) is 52.9 Å². The highest BCUT2D eigenvalue weighted by Gasteiger charge is 2.29. The fourth-order valence-corrected chi connectivity index (χ4v) is 3.84. The number of hydrogen-bond acceptors (Lipinski definition) is 6. The molecular formula is C21H25FN6O2. The van der Waals surface area contributed by atoms with Gasteiger partial charge in [0.05, 0.1) is 30.0 Å². The average Bonchev–Trinajstić information content (AvgIpc) is 3.29. The Morgan fingerprint density at radius 2 is 1.97 bits per heavy atom. The van der Waals surface area contributed by atoms with Crippen molar-refractivity contribution < 1.29 is 13.7 Å². The van der Waals surface area contributed by atoms with Gasteiger partial charge in [0.15, 0.2) is 0 Å². The van der Waals surface area contributed by atoms with Crippen LogP contribution in [-0.2, 0) is 13.1 Å². The number of nitrogens with zero attached hydrogens (tertiary/aromatic N) is 6. The average molecular weight is 412 g/mol. The van der Waals surface area contributed by atoms with Gasteiger partial charge < -0.3 is 9.42 Å². The number of carbonyl (C=O) groups is 1. The summed E-state index contributed by atoms with van der Waals surface area (Å²) < 4.78 is 21.0. The Morgan fingerprint density at radius 3 is 2.67 bits per heavy atom. The molecule has 0 fully saturated rings. The highest BCUT2D eigenvalue weighted by atomic mass is 19.1. The fourth-order valence-electron chi connectivity index (χ4n) is 3.84. The molecule has 1 aromatic carbocycles. The van der Waals surface area contributed by atoms with Crippen LogP contribution in [0.2, 0.25) is 0 Å². The largest absolute Gasteiger partial charge is 0.337 e. The van der Waals surface area contributed by atoms with Gasteiger partial charge in [0.2, 0.25) is 11.7 Å². The molecule has 30 heavy (non-hydrogen) atoms. The summed E-state index contributed by atoms with van der Waals surface area (Å²) >= 11 is 0. The number of amides is 1. The van der Waals surface area contributed by atoms with Crippen LogP contribution in [0.15, 0.2) is 29.0 Å². The van der Waals surface area contributed by atoms with Crippen molar-refractivity contribution in [3.8, 4) is 17.2 Å². The van der Waals surface area contributed by atoms with Crippen LogP contribution in [0.5, 0.6) is 0 Å². The van der Waals surface area contributed by atoms with Gasteiger partial charge in [-0.2, -0.15) is 4.98 Å². The van der Waals surface area contributed by atoms with Crippen LogP contribution < -0.4 is 0 Å². The Kier molecular flexibility index (Phi) is 5.15. The predicted molar refractivity (Wildman–Crippen MR) is 108 cm³/mol. The second-order valence-corrected chi connectivity index (χ2v) is 8.10. The first kappa shape index (κ1) is 20.2. The van der Waals surface area contributed by atoms with Crippen LogP contribution in [-0.4, -0.2) is 54.5 Å². The van der Waals surface area contributed by atoms with Gasteiger partial charge in [-0.05, 0) is 45.9 Å². The van der Waals surface area contributed by atoms with Crippen molar-refractivity contribution in [2.24, 2.45) is 0 Å². The van der Waals surface area contributed by atoms with Crippen molar-refractivity contribution >= 4 is 5.91 Å². The van der Waals surface area contributed by atoms with Gasteiger partial charge in [-0.15, -0.1) is 0 Å². The minimum atomic E-state index is -0.457. The minimum absolute atomic E-state index is 0.252. The van der Waals surface area contributed by atoms with Crippen molar-refractivity contribution in [3.63, 3.8) is 0 Å². The van der Waals surface area contributed by atoms with Gasteiger partial charge in [0.1, 0.15) is 17.8 Å². The maximum absolute atomic E-state index is 13.8. The van der Waals surface area contributed by atoms with Crippen molar-refractivity contribution in [3.05, 3.63) is 47.5 Å². The summed E-state index contributed by atoms with van der Waals surface area (Å²) in [6.45, 7) is 9.33. The molecule has 0 bridgehead atoms. The van der Waals surface area contributed by atoms with Crippen molar-refractivity contribution in [1.82, 2.24) is 29.5 Å². The van der Waals surface area contributed by atoms with E-state index in [4.69, 9.17) is 4.52 Å². The Hall–Kier alpha value is -3.07. The summed E-state index contributed by atoms with van der Waals surface area (Å²) in [7, 11) is 1.67. The van der Waals surface area contributed by atoms with E-state index in [0.29, 0.717) is 53.8 Å². The van der Waals surface area contributed by atoms with Crippen LogP contribution in [0.1, 0.15) is 49.6 Å². The molecule has 0 aliphatic carbocycles. The van der Waals surface area contributed by atoms with E-state index in [0.717, 1.165) is 5.69 Å². The molecule has 2 aromatic heterocycles. The van der Waals surface area contributed by atoms with Crippen molar-refractivity contribution in [1.29, 1.82) is 0 Å². The first-order valence-electron chi connectivity index (χ1n) is 9.96. The molecule has 3 heterocycles. The summed E-state index contributed by atoms with van der Waals surface area (Å²) in [6, 6.07) is 4.84. The third kappa shape index (κ3) is 3.49. The van der Waals surface area contributed by atoms with Gasteiger partial charge in [-0.1, -0.05) is 5.16 Å². The third-order valence-corrected chi connectivity index (χ3v) is 5.37. The van der Waals surface area contributed by atoms with Gasteiger partial charge in [-0.25, -0.2) is 9.37 Å². The molecule has 0 unspecified atom stereocenters. The second-order valence-electron chi connectivity index (χ2n) is 8.10. The Balaban J connectivity index is 1.72. The molecule has 1 aliphatic rings. The van der Waals surface area contributed by atoms with Crippen LogP contribution in [0.25, 0.3) is 17.2 Å². The molecule has 0 radical (unpaired) electrons. The molecule has 9 heteroatoms. The molecule has 8 nitrogen and oxygen atoms in total. The first-order valence-corrected chi connectivity index (χ1v) is 9.96. The number of halogens is 1. The summed E-state index contributed by atoms with van der Waals surface area (Å²) in [5.41, 5.74) is 2.16. The number of fused-ring (bicyclic) bond motifs is 3. The normalized spacial score (nSPS) is 13.9. The van der Waals surface area contributed by atoms with E-state index in [9.17, 15) is 9.18 Å². The molecule has 1 amide bonds. The van der Waals surface area contributed by atoms with E-state index >= 15 is 0 Å². The number of imidazole rings is 1. The van der Waals surface area contributed by atoms with E-state index in [1.54, 1.807) is 24.0 Å². The van der Waals surface area contributed by atoms with E-state index in [1.165, 1.54) is 17.0 Å². The first-order chi connectivity index (χ1) is 14.3. The maximum Gasteiger partial charge on any atom is 0.256 e. The lowest BCUT2D eigenvalue weighted by molar-refractivity contribution is 0.0787. The number of carbonyl (C=O) groups excluding carboxylic acids is 1. The molecule has 0 saturated carbocycles. The fraction of sp³-hybridized carbons (Fsp3) is 0.429. The smallest absolute Gasteiger partial charge is 0.256 e. The maximum atomic E-state index is 13.8. The lowest BCUT2D eigenvalue weighted by Gasteiger charge is -2.28. The molecule has 4 rings (SSSR count). The van der Waals surface area contributed by atoms with E-state index < -0.39 is 5.82 Å². The quantitative estimate of drug-likeness (QED) is 0.640. The van der Waals surface area contributed by atoms with E-state index in [-0.39, 0.29) is 5.91 Å². The van der Waals surface area contributed by atoms with Gasteiger partial charge in [-0.3, -0.25) is 14.3 Å². The lowest BCUT2D eigenvalue weighted by atomic mass is 10.1. The zero-order valence-electron chi connectivity index (χ0n) is 17.8. The molecule has 158 valence electrons. The van der Waals surface area contributed by atoms with Crippen molar-refractivity contribution in [2.75, 3.05) is 7.05 Å².